The molecule has 2 aromatic heterocycles. The van der Waals surface area contributed by atoms with E-state index in [0.29, 0.717) is 4.83 Å². The van der Waals surface area contributed by atoms with E-state index in [9.17, 15) is 0 Å². The number of rotatable bonds is 4. The van der Waals surface area contributed by atoms with Gasteiger partial charge < -0.3 is 0 Å². The number of hydrogen-bond acceptors (Lipinski definition) is 3. The van der Waals surface area contributed by atoms with Gasteiger partial charge in [-0.1, -0.05) is 29.3 Å². The monoisotopic (exact) mass is 298 g/mol. The van der Waals surface area contributed by atoms with Crippen molar-refractivity contribution in [2.24, 2.45) is 0 Å². The third-order valence-corrected chi connectivity index (χ3v) is 4.29. The molecule has 2 rings (SSSR count). The van der Waals surface area contributed by atoms with Gasteiger partial charge in [-0.2, -0.15) is 0 Å². The first-order valence-corrected chi connectivity index (χ1v) is 7.28. The predicted octanol–water partition coefficient (Wildman–Crippen LogP) is 4.11. The molecular weight excluding hydrogens is 284 g/mol. The maximum absolute atomic E-state index is 4.41. The van der Waals surface area contributed by atoms with Crippen LogP contribution >= 0.6 is 27.3 Å². The van der Waals surface area contributed by atoms with Crippen LogP contribution in [0.4, 0.5) is 0 Å². The fourth-order valence-electron chi connectivity index (χ4n) is 1.81. The Kier molecular flexibility index (Phi) is 3.92. The molecule has 2 aromatic rings. The lowest BCUT2D eigenvalue weighted by molar-refractivity contribution is 0.736. The van der Waals surface area contributed by atoms with Crippen molar-refractivity contribution >= 4 is 37.5 Å². The van der Waals surface area contributed by atoms with Crippen molar-refractivity contribution < 1.29 is 0 Å². The molecule has 0 spiro atoms. The number of nitrogens with zero attached hydrogens (tertiary/aromatic N) is 2. The summed E-state index contributed by atoms with van der Waals surface area (Å²) < 4.78 is 0. The molecule has 0 aromatic carbocycles. The highest BCUT2D eigenvalue weighted by Gasteiger charge is 2.11. The summed E-state index contributed by atoms with van der Waals surface area (Å²) in [7, 11) is 0. The van der Waals surface area contributed by atoms with E-state index >= 15 is 0 Å². The molecule has 86 valence electrons. The van der Waals surface area contributed by atoms with Gasteiger partial charge in [-0.3, -0.25) is 0 Å². The SMILES string of the molecule is CCCC(Br)Cc1ncnc2sc(C)cc12. The second-order valence-corrected chi connectivity index (χ2v) is 6.52. The Labute approximate surface area is 108 Å². The summed E-state index contributed by atoms with van der Waals surface area (Å²) in [5, 5.41) is 1.23. The molecule has 2 heterocycles. The summed E-state index contributed by atoms with van der Waals surface area (Å²) in [6.07, 6.45) is 5.06. The summed E-state index contributed by atoms with van der Waals surface area (Å²) in [6, 6.07) is 2.20. The molecule has 0 aliphatic rings. The Balaban J connectivity index is 2.29. The summed E-state index contributed by atoms with van der Waals surface area (Å²) in [5.41, 5.74) is 1.17. The first-order chi connectivity index (χ1) is 7.70. The summed E-state index contributed by atoms with van der Waals surface area (Å²) in [6.45, 7) is 4.33. The lowest BCUT2D eigenvalue weighted by atomic mass is 10.1. The highest BCUT2D eigenvalue weighted by molar-refractivity contribution is 9.09. The van der Waals surface area contributed by atoms with Crippen LogP contribution in [-0.2, 0) is 6.42 Å². The van der Waals surface area contributed by atoms with Crippen LogP contribution in [0.1, 0.15) is 30.3 Å². The van der Waals surface area contributed by atoms with Crippen LogP contribution in [0.15, 0.2) is 12.4 Å². The molecule has 0 saturated heterocycles. The van der Waals surface area contributed by atoms with Crippen molar-refractivity contribution in [1.29, 1.82) is 0 Å². The molecule has 4 heteroatoms. The smallest absolute Gasteiger partial charge is 0.127 e. The summed E-state index contributed by atoms with van der Waals surface area (Å²) >= 11 is 5.45. The second kappa shape index (κ2) is 5.23. The Morgan fingerprint density at radius 1 is 1.44 bits per heavy atom. The zero-order valence-corrected chi connectivity index (χ0v) is 11.9. The van der Waals surface area contributed by atoms with Gasteiger partial charge in [0.05, 0.1) is 5.69 Å². The Hall–Kier alpha value is -0.480. The fourth-order valence-corrected chi connectivity index (χ4v) is 3.45. The van der Waals surface area contributed by atoms with Crippen molar-refractivity contribution in [2.75, 3.05) is 0 Å². The number of alkyl halides is 1. The number of aromatic nitrogens is 2. The highest BCUT2D eigenvalue weighted by Crippen LogP contribution is 2.26. The molecule has 16 heavy (non-hydrogen) atoms. The van der Waals surface area contributed by atoms with Gasteiger partial charge in [0.2, 0.25) is 0 Å². The van der Waals surface area contributed by atoms with Crippen molar-refractivity contribution in [3.8, 4) is 0 Å². The van der Waals surface area contributed by atoms with Crippen LogP contribution in [0.25, 0.3) is 10.2 Å². The molecule has 1 unspecified atom stereocenters. The van der Waals surface area contributed by atoms with Gasteiger partial charge in [0.25, 0.3) is 0 Å². The molecule has 2 nitrogen and oxygen atoms in total. The van der Waals surface area contributed by atoms with E-state index in [0.717, 1.165) is 11.3 Å². The van der Waals surface area contributed by atoms with Crippen LogP contribution in [0.3, 0.4) is 0 Å². The minimum Gasteiger partial charge on any atom is -0.241 e. The predicted molar refractivity (Wildman–Crippen MR) is 73.5 cm³/mol. The quantitative estimate of drug-likeness (QED) is 0.794. The second-order valence-electron chi connectivity index (χ2n) is 3.99. The van der Waals surface area contributed by atoms with E-state index in [1.54, 1.807) is 17.7 Å². The lowest BCUT2D eigenvalue weighted by Crippen LogP contribution is -2.04. The molecule has 1 atom stereocenters. The van der Waals surface area contributed by atoms with E-state index in [2.05, 4.69) is 45.8 Å². The van der Waals surface area contributed by atoms with Crippen LogP contribution in [0, 0.1) is 6.92 Å². The number of aryl methyl sites for hydroxylation is 1. The van der Waals surface area contributed by atoms with Gasteiger partial charge in [0, 0.05) is 21.5 Å². The number of thiophene rings is 1. The molecule has 0 N–H and O–H groups in total. The normalized spacial score (nSPS) is 13.2. The van der Waals surface area contributed by atoms with Crippen molar-refractivity contribution in [3.05, 3.63) is 23.0 Å². The summed E-state index contributed by atoms with van der Waals surface area (Å²) in [5.74, 6) is 0. The Morgan fingerprint density at radius 2 is 2.25 bits per heavy atom. The number of hydrogen-bond donors (Lipinski definition) is 0. The number of halogens is 1. The molecule has 0 aliphatic carbocycles. The van der Waals surface area contributed by atoms with Crippen LogP contribution in [0.2, 0.25) is 0 Å². The summed E-state index contributed by atoms with van der Waals surface area (Å²) in [4.78, 5) is 11.7. The third-order valence-electron chi connectivity index (χ3n) is 2.55. The van der Waals surface area contributed by atoms with Crippen molar-refractivity contribution in [3.63, 3.8) is 0 Å². The van der Waals surface area contributed by atoms with Crippen molar-refractivity contribution in [1.82, 2.24) is 9.97 Å². The van der Waals surface area contributed by atoms with Gasteiger partial charge >= 0.3 is 0 Å². The maximum atomic E-state index is 4.41. The molecular formula is C12H15BrN2S. The fraction of sp³-hybridized carbons (Fsp3) is 0.500. The zero-order valence-electron chi connectivity index (χ0n) is 9.53. The highest BCUT2D eigenvalue weighted by atomic mass is 79.9. The lowest BCUT2D eigenvalue weighted by Gasteiger charge is -2.07. The largest absolute Gasteiger partial charge is 0.241 e. The van der Waals surface area contributed by atoms with E-state index in [-0.39, 0.29) is 0 Å². The first-order valence-electron chi connectivity index (χ1n) is 5.54. The van der Waals surface area contributed by atoms with Crippen LogP contribution in [0.5, 0.6) is 0 Å². The topological polar surface area (TPSA) is 25.8 Å². The van der Waals surface area contributed by atoms with Crippen LogP contribution in [-0.4, -0.2) is 14.8 Å². The minimum atomic E-state index is 0.524. The average molecular weight is 299 g/mol. The van der Waals surface area contributed by atoms with E-state index < -0.39 is 0 Å². The molecule has 0 radical (unpaired) electrons. The van der Waals surface area contributed by atoms with E-state index in [1.807, 2.05) is 0 Å². The minimum absolute atomic E-state index is 0.524. The first kappa shape index (κ1) is 12.0. The van der Waals surface area contributed by atoms with Gasteiger partial charge in [0.1, 0.15) is 11.2 Å². The van der Waals surface area contributed by atoms with E-state index in [1.165, 1.54) is 28.8 Å². The molecule has 0 bridgehead atoms. The number of fused-ring (bicyclic) bond motifs is 1. The molecule has 0 amide bonds. The van der Waals surface area contributed by atoms with Gasteiger partial charge in [-0.15, -0.1) is 11.3 Å². The van der Waals surface area contributed by atoms with Crippen molar-refractivity contribution in [2.45, 2.75) is 37.9 Å². The average Bonchev–Trinajstić information content (AvgIpc) is 2.60. The van der Waals surface area contributed by atoms with Gasteiger partial charge in [-0.05, 0) is 19.4 Å². The zero-order chi connectivity index (χ0) is 11.5. The van der Waals surface area contributed by atoms with E-state index in [4.69, 9.17) is 0 Å². The maximum Gasteiger partial charge on any atom is 0.127 e. The van der Waals surface area contributed by atoms with Gasteiger partial charge in [-0.25, -0.2) is 9.97 Å². The Bertz CT molecular complexity index is 481. The standard InChI is InChI=1S/C12H15BrN2S/c1-3-4-9(13)6-11-10-5-8(2)16-12(10)15-7-14-11/h5,7,9H,3-4,6H2,1-2H3. The molecule has 0 fully saturated rings. The molecule has 0 saturated carbocycles. The van der Waals surface area contributed by atoms with Gasteiger partial charge in [0.15, 0.2) is 0 Å². The Morgan fingerprint density at radius 3 is 3.00 bits per heavy atom. The third kappa shape index (κ3) is 2.61. The molecule has 0 aliphatic heterocycles. The van der Waals surface area contributed by atoms with Crippen LogP contribution < -0.4 is 0 Å².